The molecule has 0 aliphatic carbocycles. The summed E-state index contributed by atoms with van der Waals surface area (Å²) in [7, 11) is 4.97. The number of ether oxygens (including phenoxy) is 3. The molecule has 1 aromatic carbocycles. The zero-order valence-corrected chi connectivity index (χ0v) is 14.4. The molecular formula is C16H27ClN2O3. The van der Waals surface area contributed by atoms with E-state index >= 15 is 0 Å². The van der Waals surface area contributed by atoms with Crippen LogP contribution in [0.15, 0.2) is 12.1 Å². The molecule has 0 atom stereocenters. The van der Waals surface area contributed by atoms with Crippen LogP contribution in [-0.2, 0) is 6.54 Å². The van der Waals surface area contributed by atoms with Crippen LogP contribution in [-0.4, -0.2) is 45.9 Å². The van der Waals surface area contributed by atoms with Crippen LogP contribution < -0.4 is 19.9 Å². The molecule has 0 spiro atoms. The van der Waals surface area contributed by atoms with Crippen LogP contribution in [0.1, 0.15) is 18.4 Å². The molecule has 6 heteroatoms. The molecule has 0 radical (unpaired) electrons. The minimum atomic E-state index is 0. The first kappa shape index (κ1) is 18.9. The summed E-state index contributed by atoms with van der Waals surface area (Å²) in [6.07, 6.45) is 2.35. The van der Waals surface area contributed by atoms with Gasteiger partial charge >= 0.3 is 0 Å². The van der Waals surface area contributed by atoms with Gasteiger partial charge in [-0.05, 0) is 44.5 Å². The maximum atomic E-state index is 5.75. The second kappa shape index (κ2) is 9.08. The molecule has 2 rings (SSSR count). The molecule has 1 heterocycles. The van der Waals surface area contributed by atoms with Gasteiger partial charge in [-0.2, -0.15) is 0 Å². The van der Waals surface area contributed by atoms with Crippen LogP contribution in [0.5, 0.6) is 17.2 Å². The lowest BCUT2D eigenvalue weighted by atomic mass is 9.96. The third-order valence-electron chi connectivity index (χ3n) is 4.22. The Bertz CT molecular complexity index is 463. The average Bonchev–Trinajstić information content (AvgIpc) is 2.55. The van der Waals surface area contributed by atoms with Crippen molar-refractivity contribution in [2.45, 2.75) is 19.4 Å². The highest BCUT2D eigenvalue weighted by Crippen LogP contribution is 2.35. The molecule has 1 aliphatic heterocycles. The Labute approximate surface area is 139 Å². The van der Waals surface area contributed by atoms with E-state index in [1.54, 1.807) is 21.3 Å². The number of halogens is 1. The Morgan fingerprint density at radius 1 is 1.00 bits per heavy atom. The fraction of sp³-hybridized carbons (Fsp3) is 0.625. The number of rotatable bonds is 6. The third-order valence-corrected chi connectivity index (χ3v) is 4.22. The van der Waals surface area contributed by atoms with Gasteiger partial charge in [-0.3, -0.25) is 4.90 Å². The van der Waals surface area contributed by atoms with Gasteiger partial charge in [0.25, 0.3) is 0 Å². The summed E-state index contributed by atoms with van der Waals surface area (Å²) >= 11 is 0. The van der Waals surface area contributed by atoms with Gasteiger partial charge in [0.15, 0.2) is 11.5 Å². The first-order valence-electron chi connectivity index (χ1n) is 7.43. The molecule has 0 amide bonds. The fourth-order valence-corrected chi connectivity index (χ4v) is 2.84. The predicted octanol–water partition coefficient (Wildman–Crippen LogP) is 2.30. The second-order valence-corrected chi connectivity index (χ2v) is 5.47. The van der Waals surface area contributed by atoms with Crippen LogP contribution in [0.25, 0.3) is 0 Å². The van der Waals surface area contributed by atoms with E-state index in [4.69, 9.17) is 19.9 Å². The lowest BCUT2D eigenvalue weighted by Gasteiger charge is -2.31. The van der Waals surface area contributed by atoms with Gasteiger partial charge in [0, 0.05) is 18.2 Å². The van der Waals surface area contributed by atoms with E-state index in [9.17, 15) is 0 Å². The zero-order chi connectivity index (χ0) is 15.2. The van der Waals surface area contributed by atoms with Crippen LogP contribution >= 0.6 is 12.4 Å². The lowest BCUT2D eigenvalue weighted by molar-refractivity contribution is 0.178. The van der Waals surface area contributed by atoms with Gasteiger partial charge in [0.05, 0.1) is 21.3 Å². The minimum Gasteiger partial charge on any atom is -0.496 e. The van der Waals surface area contributed by atoms with Gasteiger partial charge in [-0.1, -0.05) is 0 Å². The van der Waals surface area contributed by atoms with E-state index in [0.29, 0.717) is 11.7 Å². The SMILES string of the molecule is COc1cc(OC)c(OC)cc1CN1CCC(CN)CC1.Cl. The highest BCUT2D eigenvalue weighted by atomic mass is 35.5. The number of nitrogens with two attached hydrogens (primary N) is 1. The molecule has 1 fully saturated rings. The Balaban J connectivity index is 0.00000242. The molecule has 22 heavy (non-hydrogen) atoms. The first-order valence-corrected chi connectivity index (χ1v) is 7.43. The summed E-state index contributed by atoms with van der Waals surface area (Å²) in [6.45, 7) is 3.83. The molecule has 0 saturated carbocycles. The molecule has 126 valence electrons. The fourth-order valence-electron chi connectivity index (χ4n) is 2.84. The van der Waals surface area contributed by atoms with Gasteiger partial charge in [-0.15, -0.1) is 12.4 Å². The summed E-state index contributed by atoms with van der Waals surface area (Å²) in [5.41, 5.74) is 6.87. The Morgan fingerprint density at radius 3 is 2.05 bits per heavy atom. The largest absolute Gasteiger partial charge is 0.496 e. The molecular weight excluding hydrogens is 304 g/mol. The summed E-state index contributed by atoms with van der Waals surface area (Å²) < 4.78 is 16.2. The number of benzene rings is 1. The summed E-state index contributed by atoms with van der Waals surface area (Å²) in [6, 6.07) is 3.90. The predicted molar refractivity (Wildman–Crippen MR) is 90.4 cm³/mol. The standard InChI is InChI=1S/C16H26N2O3.ClH/c1-19-14-9-16(21-3)15(20-2)8-13(14)11-18-6-4-12(10-17)5-7-18;/h8-9,12H,4-7,10-11,17H2,1-3H3;1H. The molecule has 1 aliphatic rings. The van der Waals surface area contributed by atoms with Crippen molar-refractivity contribution in [1.29, 1.82) is 0 Å². The molecule has 1 aromatic rings. The quantitative estimate of drug-likeness (QED) is 0.867. The van der Waals surface area contributed by atoms with Gasteiger partial charge in [0.2, 0.25) is 0 Å². The highest BCUT2D eigenvalue weighted by Gasteiger charge is 2.20. The van der Waals surface area contributed by atoms with Crippen molar-refractivity contribution in [2.75, 3.05) is 41.0 Å². The smallest absolute Gasteiger partial charge is 0.164 e. The normalized spacial score (nSPS) is 16.0. The number of likely N-dealkylation sites (tertiary alicyclic amines) is 1. The zero-order valence-electron chi connectivity index (χ0n) is 13.6. The number of nitrogens with zero attached hydrogens (tertiary/aromatic N) is 1. The summed E-state index contributed by atoms with van der Waals surface area (Å²) in [5.74, 6) is 2.95. The van der Waals surface area contributed by atoms with Gasteiger partial charge in [-0.25, -0.2) is 0 Å². The monoisotopic (exact) mass is 330 g/mol. The molecule has 0 aromatic heterocycles. The summed E-state index contributed by atoms with van der Waals surface area (Å²) in [5, 5.41) is 0. The second-order valence-electron chi connectivity index (χ2n) is 5.47. The molecule has 2 N–H and O–H groups in total. The van der Waals surface area contributed by atoms with Crippen LogP contribution in [0, 0.1) is 5.92 Å². The van der Waals surface area contributed by atoms with Gasteiger partial charge in [0.1, 0.15) is 5.75 Å². The summed E-state index contributed by atoms with van der Waals surface area (Å²) in [4.78, 5) is 2.44. The van der Waals surface area contributed by atoms with Crippen molar-refractivity contribution in [2.24, 2.45) is 11.7 Å². The Hall–Kier alpha value is -1.17. The van der Waals surface area contributed by atoms with Crippen LogP contribution in [0.4, 0.5) is 0 Å². The number of piperidine rings is 1. The van der Waals surface area contributed by atoms with Crippen molar-refractivity contribution in [1.82, 2.24) is 4.90 Å². The number of hydrogen-bond acceptors (Lipinski definition) is 5. The van der Waals surface area contributed by atoms with Crippen molar-refractivity contribution in [3.63, 3.8) is 0 Å². The molecule has 0 unspecified atom stereocenters. The van der Waals surface area contributed by atoms with Crippen molar-refractivity contribution in [3.05, 3.63) is 17.7 Å². The van der Waals surface area contributed by atoms with E-state index in [0.717, 1.165) is 43.2 Å². The van der Waals surface area contributed by atoms with Crippen molar-refractivity contribution >= 4 is 12.4 Å². The van der Waals surface area contributed by atoms with E-state index < -0.39 is 0 Å². The third kappa shape index (κ3) is 4.41. The average molecular weight is 331 g/mol. The van der Waals surface area contributed by atoms with Crippen molar-refractivity contribution < 1.29 is 14.2 Å². The van der Waals surface area contributed by atoms with Crippen molar-refractivity contribution in [3.8, 4) is 17.2 Å². The highest BCUT2D eigenvalue weighted by molar-refractivity contribution is 5.85. The van der Waals surface area contributed by atoms with Crippen LogP contribution in [0.2, 0.25) is 0 Å². The maximum Gasteiger partial charge on any atom is 0.164 e. The van der Waals surface area contributed by atoms with E-state index in [-0.39, 0.29) is 12.4 Å². The molecule has 0 bridgehead atoms. The Morgan fingerprint density at radius 2 is 1.55 bits per heavy atom. The number of hydrogen-bond donors (Lipinski definition) is 1. The molecule has 1 saturated heterocycles. The molecule has 5 nitrogen and oxygen atoms in total. The van der Waals surface area contributed by atoms with E-state index in [2.05, 4.69) is 4.90 Å². The topological polar surface area (TPSA) is 57.0 Å². The van der Waals surface area contributed by atoms with Crippen LogP contribution in [0.3, 0.4) is 0 Å². The van der Waals surface area contributed by atoms with Gasteiger partial charge < -0.3 is 19.9 Å². The maximum absolute atomic E-state index is 5.75. The number of methoxy groups -OCH3 is 3. The minimum absolute atomic E-state index is 0. The lowest BCUT2D eigenvalue weighted by Crippen LogP contribution is -2.35. The Kier molecular flexibility index (Phi) is 7.79. The first-order chi connectivity index (χ1) is 10.2. The van der Waals surface area contributed by atoms with E-state index in [1.165, 1.54) is 12.8 Å². The van der Waals surface area contributed by atoms with E-state index in [1.807, 2.05) is 12.1 Å².